The summed E-state index contributed by atoms with van der Waals surface area (Å²) >= 11 is 0. The van der Waals surface area contributed by atoms with Gasteiger partial charge in [-0.1, -0.05) is 56.8 Å². The summed E-state index contributed by atoms with van der Waals surface area (Å²) in [5, 5.41) is 3.33. The number of benzene rings is 1. The lowest BCUT2D eigenvalue weighted by Crippen LogP contribution is -2.37. The van der Waals surface area contributed by atoms with Gasteiger partial charge in [0.25, 0.3) is 0 Å². The molecule has 0 saturated carbocycles. The highest BCUT2D eigenvalue weighted by Gasteiger charge is 2.13. The third-order valence-corrected chi connectivity index (χ3v) is 5.58. The smallest absolute Gasteiger partial charge is 0.222 e. The zero-order valence-electron chi connectivity index (χ0n) is 18.9. The van der Waals surface area contributed by atoms with Crippen molar-refractivity contribution in [3.63, 3.8) is 0 Å². The topological polar surface area (TPSA) is 35.6 Å². The maximum Gasteiger partial charge on any atom is 0.222 e. The van der Waals surface area contributed by atoms with Crippen molar-refractivity contribution in [2.24, 2.45) is 0 Å². The molecule has 1 aromatic rings. The number of carbonyl (C=O) groups excluding carboxylic acids is 1. The third-order valence-electron chi connectivity index (χ3n) is 5.58. The number of hydrogen-bond donors (Lipinski definition) is 1. The molecule has 0 unspecified atom stereocenters. The van der Waals surface area contributed by atoms with Crippen molar-refractivity contribution in [1.82, 2.24) is 15.1 Å². The van der Waals surface area contributed by atoms with Crippen molar-refractivity contribution >= 4 is 11.5 Å². The van der Waals surface area contributed by atoms with Crippen LogP contribution in [0.25, 0.3) is 5.57 Å². The van der Waals surface area contributed by atoms with E-state index in [0.717, 1.165) is 49.2 Å². The second-order valence-corrected chi connectivity index (χ2v) is 7.87. The predicted octanol–water partition coefficient (Wildman–Crippen LogP) is 5.12. The third kappa shape index (κ3) is 6.94. The molecule has 0 aliphatic carbocycles. The fourth-order valence-corrected chi connectivity index (χ4v) is 3.60. The van der Waals surface area contributed by atoms with E-state index in [-0.39, 0.29) is 5.91 Å². The average molecular weight is 408 g/mol. The molecule has 1 aliphatic rings. The Morgan fingerprint density at radius 1 is 1.30 bits per heavy atom. The molecule has 0 spiro atoms. The van der Waals surface area contributed by atoms with Gasteiger partial charge in [-0.25, -0.2) is 0 Å². The Hall–Kier alpha value is -2.75. The summed E-state index contributed by atoms with van der Waals surface area (Å²) in [6.07, 6.45) is 10.4. The average Bonchev–Trinajstić information content (AvgIpc) is 2.74. The van der Waals surface area contributed by atoms with E-state index in [0.29, 0.717) is 19.5 Å². The highest BCUT2D eigenvalue weighted by atomic mass is 16.2. The maximum atomic E-state index is 12.7. The molecule has 1 aliphatic heterocycles. The van der Waals surface area contributed by atoms with Crippen molar-refractivity contribution in [2.75, 3.05) is 26.7 Å². The first-order chi connectivity index (χ1) is 14.5. The van der Waals surface area contributed by atoms with Crippen LogP contribution in [0.3, 0.4) is 0 Å². The van der Waals surface area contributed by atoms with Gasteiger partial charge in [0.15, 0.2) is 0 Å². The van der Waals surface area contributed by atoms with Crippen molar-refractivity contribution in [3.05, 3.63) is 78.3 Å². The molecular formula is C26H37N3O. The SMILES string of the molecule is C=C/C1=C(/C)N(C)/C=C\C(=C)NCCN(C(=O)CCCC)CCCc2cccc1c2. The lowest BCUT2D eigenvalue weighted by molar-refractivity contribution is -0.131. The lowest BCUT2D eigenvalue weighted by Gasteiger charge is -2.24. The summed E-state index contributed by atoms with van der Waals surface area (Å²) in [4.78, 5) is 16.7. The predicted molar refractivity (Wildman–Crippen MR) is 128 cm³/mol. The Labute approximate surface area is 182 Å². The van der Waals surface area contributed by atoms with Crippen molar-refractivity contribution in [2.45, 2.75) is 46.0 Å². The van der Waals surface area contributed by atoms with Crippen LogP contribution in [0, 0.1) is 0 Å². The largest absolute Gasteiger partial charge is 0.384 e. The van der Waals surface area contributed by atoms with Gasteiger partial charge in [0, 0.05) is 56.3 Å². The van der Waals surface area contributed by atoms with Crippen LogP contribution >= 0.6 is 0 Å². The number of aryl methyl sites for hydroxylation is 1. The number of rotatable bonds is 4. The van der Waals surface area contributed by atoms with Gasteiger partial charge in [-0.05, 0) is 43.4 Å². The molecule has 2 bridgehead atoms. The van der Waals surface area contributed by atoms with Gasteiger partial charge in [0.05, 0.1) is 0 Å². The molecule has 162 valence electrons. The van der Waals surface area contributed by atoms with Gasteiger partial charge in [-0.15, -0.1) is 0 Å². The molecule has 0 atom stereocenters. The number of hydrogen-bond acceptors (Lipinski definition) is 3. The highest BCUT2D eigenvalue weighted by Crippen LogP contribution is 2.23. The second kappa shape index (κ2) is 12.1. The first-order valence-corrected chi connectivity index (χ1v) is 11.0. The number of carbonyl (C=O) groups is 1. The standard InChI is InChI=1S/C26H37N3O/c1-6-8-14-26(30)29-17-10-12-23-11-9-13-24(20-23)25(7-2)22(4)28(5)18-15-21(3)27-16-19-29/h7,9,11,13,15,18,20,27H,2-3,6,8,10,12,14,16-17,19H2,1,4-5H3/b18-15-,25-22+. The van der Waals surface area contributed by atoms with Crippen LogP contribution in [0.4, 0.5) is 0 Å². The molecule has 0 saturated heterocycles. The molecular weight excluding hydrogens is 370 g/mol. The maximum absolute atomic E-state index is 12.7. The van der Waals surface area contributed by atoms with Crippen LogP contribution in [-0.4, -0.2) is 42.4 Å². The zero-order valence-corrected chi connectivity index (χ0v) is 18.9. The van der Waals surface area contributed by atoms with E-state index in [1.165, 1.54) is 11.1 Å². The molecule has 2 rings (SSSR count). The molecule has 0 aromatic heterocycles. The Kier molecular flexibility index (Phi) is 9.46. The van der Waals surface area contributed by atoms with Crippen LogP contribution in [0.1, 0.15) is 50.7 Å². The molecule has 30 heavy (non-hydrogen) atoms. The van der Waals surface area contributed by atoms with Crippen LogP contribution in [0.15, 0.2) is 67.2 Å². The van der Waals surface area contributed by atoms with Gasteiger partial charge < -0.3 is 15.1 Å². The summed E-state index contributed by atoms with van der Waals surface area (Å²) in [6, 6.07) is 8.65. The summed E-state index contributed by atoms with van der Waals surface area (Å²) in [7, 11) is 2.03. The van der Waals surface area contributed by atoms with Gasteiger partial charge in [0.1, 0.15) is 0 Å². The minimum absolute atomic E-state index is 0.252. The first kappa shape index (κ1) is 23.5. The van der Waals surface area contributed by atoms with Crippen molar-refractivity contribution in [3.8, 4) is 0 Å². The Morgan fingerprint density at radius 2 is 2.10 bits per heavy atom. The normalized spacial score (nSPS) is 19.9. The lowest BCUT2D eigenvalue weighted by atomic mass is 9.99. The Morgan fingerprint density at radius 3 is 2.83 bits per heavy atom. The minimum atomic E-state index is 0.252. The van der Waals surface area contributed by atoms with E-state index in [2.05, 4.69) is 61.5 Å². The molecule has 0 radical (unpaired) electrons. The van der Waals surface area contributed by atoms with Crippen molar-refractivity contribution in [1.29, 1.82) is 0 Å². The molecule has 1 aromatic carbocycles. The summed E-state index contributed by atoms with van der Waals surface area (Å²) in [5.41, 5.74) is 5.54. The summed E-state index contributed by atoms with van der Waals surface area (Å²) in [6.45, 7) is 14.5. The Bertz CT molecular complexity index is 806. The molecule has 4 heteroatoms. The first-order valence-electron chi connectivity index (χ1n) is 11.0. The van der Waals surface area contributed by atoms with Crippen LogP contribution < -0.4 is 5.32 Å². The van der Waals surface area contributed by atoms with E-state index in [4.69, 9.17) is 0 Å². The number of fused-ring (bicyclic) bond motifs is 2. The van der Waals surface area contributed by atoms with Gasteiger partial charge in [0.2, 0.25) is 5.91 Å². The zero-order chi connectivity index (χ0) is 21.9. The summed E-state index contributed by atoms with van der Waals surface area (Å²) in [5.74, 6) is 0.252. The van der Waals surface area contributed by atoms with Crippen LogP contribution in [0.2, 0.25) is 0 Å². The molecule has 1 amide bonds. The molecule has 0 fully saturated rings. The minimum Gasteiger partial charge on any atom is -0.384 e. The van der Waals surface area contributed by atoms with E-state index < -0.39 is 0 Å². The molecule has 1 N–H and O–H groups in total. The van der Waals surface area contributed by atoms with E-state index in [1.807, 2.05) is 30.3 Å². The molecule has 4 nitrogen and oxygen atoms in total. The second-order valence-electron chi connectivity index (χ2n) is 7.87. The van der Waals surface area contributed by atoms with E-state index in [9.17, 15) is 4.79 Å². The number of amides is 1. The molecule has 1 heterocycles. The van der Waals surface area contributed by atoms with Gasteiger partial charge >= 0.3 is 0 Å². The fraction of sp³-hybridized carbons (Fsp3) is 0.423. The monoisotopic (exact) mass is 407 g/mol. The number of nitrogens with zero attached hydrogens (tertiary/aromatic N) is 2. The number of nitrogens with one attached hydrogen (secondary N) is 1. The highest BCUT2D eigenvalue weighted by molar-refractivity contribution is 5.76. The van der Waals surface area contributed by atoms with Gasteiger partial charge in [-0.3, -0.25) is 4.79 Å². The Balaban J connectivity index is 2.29. The van der Waals surface area contributed by atoms with E-state index in [1.54, 1.807) is 0 Å². The van der Waals surface area contributed by atoms with E-state index >= 15 is 0 Å². The van der Waals surface area contributed by atoms with Crippen LogP contribution in [-0.2, 0) is 11.2 Å². The number of unbranched alkanes of at least 4 members (excludes halogenated alkanes) is 1. The quantitative estimate of drug-likeness (QED) is 0.753. The fourth-order valence-electron chi connectivity index (χ4n) is 3.60. The number of allylic oxidation sites excluding steroid dienone is 4. The van der Waals surface area contributed by atoms with Gasteiger partial charge in [-0.2, -0.15) is 0 Å². The van der Waals surface area contributed by atoms with Crippen LogP contribution in [0.5, 0.6) is 0 Å². The summed E-state index contributed by atoms with van der Waals surface area (Å²) < 4.78 is 0. The van der Waals surface area contributed by atoms with Crippen molar-refractivity contribution < 1.29 is 4.79 Å².